The third-order valence-corrected chi connectivity index (χ3v) is 4.12. The zero-order valence-electron chi connectivity index (χ0n) is 11.2. The molecule has 0 spiro atoms. The highest BCUT2D eigenvalue weighted by Crippen LogP contribution is 2.18. The number of rotatable bonds is 5. The minimum absolute atomic E-state index is 0.0855. The first kappa shape index (κ1) is 15.0. The van der Waals surface area contributed by atoms with Gasteiger partial charge in [0.25, 0.3) is 0 Å². The fourth-order valence-electron chi connectivity index (χ4n) is 2.27. The van der Waals surface area contributed by atoms with E-state index in [4.69, 9.17) is 4.74 Å². The third kappa shape index (κ3) is 3.78. The molecule has 2 atom stereocenters. The largest absolute Gasteiger partial charge is 0.468 e. The maximum Gasteiger partial charge on any atom is 0.323 e. The second-order valence-corrected chi connectivity index (χ2v) is 5.75. The van der Waals surface area contributed by atoms with Gasteiger partial charge in [-0.1, -0.05) is 6.07 Å². The molecule has 0 aliphatic carbocycles. The van der Waals surface area contributed by atoms with Gasteiger partial charge in [0.15, 0.2) is 0 Å². The topological polar surface area (TPSA) is 78.9 Å². The summed E-state index contributed by atoms with van der Waals surface area (Å²) in [7, 11) is 1.31. The smallest absolute Gasteiger partial charge is 0.323 e. The predicted molar refractivity (Wildman–Crippen MR) is 74.2 cm³/mol. The number of amides is 1. The summed E-state index contributed by atoms with van der Waals surface area (Å²) in [6.07, 6.45) is -0.283. The van der Waals surface area contributed by atoms with Gasteiger partial charge < -0.3 is 15.2 Å². The van der Waals surface area contributed by atoms with Crippen LogP contribution in [0.1, 0.15) is 11.3 Å². The first-order valence-electron chi connectivity index (χ1n) is 6.39. The van der Waals surface area contributed by atoms with Gasteiger partial charge in [0.2, 0.25) is 5.91 Å². The van der Waals surface area contributed by atoms with Crippen LogP contribution in [0.3, 0.4) is 0 Å². The normalized spacial score (nSPS) is 22.7. The minimum Gasteiger partial charge on any atom is -0.468 e. The third-order valence-electron chi connectivity index (χ3n) is 3.24. The molecule has 2 N–H and O–H groups in total. The lowest BCUT2D eigenvalue weighted by molar-refractivity contribution is -0.146. The monoisotopic (exact) mass is 298 g/mol. The van der Waals surface area contributed by atoms with Crippen molar-refractivity contribution >= 4 is 23.2 Å². The number of β-amino-alcohol motifs (C(OH)–C–C–N with tert-alkyl or cyclic N) is 1. The number of aliphatic hydroxyl groups excluding tert-OH is 1. The Balaban J connectivity index is 1.84. The number of likely N-dealkylation sites (tertiary alicyclic amines) is 1. The molecule has 1 aromatic heterocycles. The van der Waals surface area contributed by atoms with Gasteiger partial charge in [-0.3, -0.25) is 14.5 Å². The first-order valence-corrected chi connectivity index (χ1v) is 7.27. The van der Waals surface area contributed by atoms with Crippen molar-refractivity contribution in [2.45, 2.75) is 25.1 Å². The summed E-state index contributed by atoms with van der Waals surface area (Å²) < 4.78 is 4.69. The van der Waals surface area contributed by atoms with Crippen molar-refractivity contribution in [2.24, 2.45) is 0 Å². The van der Waals surface area contributed by atoms with Gasteiger partial charge in [-0.15, -0.1) is 11.3 Å². The Kier molecular flexibility index (Phi) is 5.11. The molecule has 6 nitrogen and oxygen atoms in total. The average molecular weight is 298 g/mol. The molecule has 0 saturated carbocycles. The average Bonchev–Trinajstić information content (AvgIpc) is 3.05. The Morgan fingerprint density at radius 1 is 1.60 bits per heavy atom. The minimum atomic E-state index is -0.593. The molecule has 2 heterocycles. The predicted octanol–water partition coefficient (Wildman–Crippen LogP) is -0.0275. The first-order chi connectivity index (χ1) is 9.60. The SMILES string of the molecule is COC(=O)[C@@H]1C[C@@H](O)CN1CC(=O)NCc1cccs1. The van der Waals surface area contributed by atoms with Gasteiger partial charge >= 0.3 is 5.97 Å². The van der Waals surface area contributed by atoms with Gasteiger partial charge in [-0.05, 0) is 11.4 Å². The molecule has 1 aromatic rings. The maximum atomic E-state index is 11.9. The van der Waals surface area contributed by atoms with E-state index in [1.165, 1.54) is 7.11 Å². The highest BCUT2D eigenvalue weighted by molar-refractivity contribution is 7.09. The number of hydrogen-bond donors (Lipinski definition) is 2. The molecular weight excluding hydrogens is 280 g/mol. The van der Waals surface area contributed by atoms with E-state index < -0.39 is 18.1 Å². The number of aliphatic hydroxyl groups is 1. The highest BCUT2D eigenvalue weighted by atomic mass is 32.1. The van der Waals surface area contributed by atoms with Crippen LogP contribution in [-0.2, 0) is 20.9 Å². The Labute approximate surface area is 121 Å². The van der Waals surface area contributed by atoms with Gasteiger partial charge in [-0.25, -0.2) is 0 Å². The van der Waals surface area contributed by atoms with E-state index in [0.717, 1.165) is 4.88 Å². The Morgan fingerprint density at radius 3 is 3.05 bits per heavy atom. The molecule has 1 aliphatic rings. The molecule has 0 radical (unpaired) electrons. The van der Waals surface area contributed by atoms with Crippen LogP contribution in [0, 0.1) is 0 Å². The molecule has 0 bridgehead atoms. The van der Waals surface area contributed by atoms with Crippen molar-refractivity contribution in [2.75, 3.05) is 20.2 Å². The summed E-state index contributed by atoms with van der Waals surface area (Å²) in [6.45, 7) is 0.879. The fourth-order valence-corrected chi connectivity index (χ4v) is 2.92. The quantitative estimate of drug-likeness (QED) is 0.747. The number of ether oxygens (including phenoxy) is 1. The molecule has 2 rings (SSSR count). The molecule has 0 unspecified atom stereocenters. The number of carbonyl (C=O) groups excluding carboxylic acids is 2. The molecule has 1 saturated heterocycles. The zero-order valence-corrected chi connectivity index (χ0v) is 12.1. The van der Waals surface area contributed by atoms with E-state index in [-0.39, 0.29) is 12.5 Å². The summed E-state index contributed by atoms with van der Waals surface area (Å²) in [6, 6.07) is 3.33. The molecule has 1 amide bonds. The summed E-state index contributed by atoms with van der Waals surface area (Å²) in [5, 5.41) is 14.4. The number of hydrogen-bond acceptors (Lipinski definition) is 6. The van der Waals surface area contributed by atoms with E-state index >= 15 is 0 Å². The standard InChI is InChI=1S/C13H18N2O4S/c1-19-13(18)11-5-9(16)7-15(11)8-12(17)14-6-10-3-2-4-20-10/h2-4,9,11,16H,5-8H2,1H3,(H,14,17)/t9-,11+/m1/s1. The van der Waals surface area contributed by atoms with Crippen LogP contribution in [0.5, 0.6) is 0 Å². The second-order valence-electron chi connectivity index (χ2n) is 4.71. The Morgan fingerprint density at radius 2 is 2.40 bits per heavy atom. The van der Waals surface area contributed by atoms with Gasteiger partial charge in [0, 0.05) is 17.8 Å². The van der Waals surface area contributed by atoms with Gasteiger partial charge in [0.05, 0.1) is 26.3 Å². The molecule has 1 aliphatic heterocycles. The lowest BCUT2D eigenvalue weighted by Crippen LogP contribution is -2.43. The fraction of sp³-hybridized carbons (Fsp3) is 0.538. The summed E-state index contributed by atoms with van der Waals surface area (Å²) in [5.74, 6) is -0.575. The summed E-state index contributed by atoms with van der Waals surface area (Å²) >= 11 is 1.57. The van der Waals surface area contributed by atoms with Crippen molar-refractivity contribution in [3.63, 3.8) is 0 Å². The molecule has 20 heavy (non-hydrogen) atoms. The van der Waals surface area contributed by atoms with Gasteiger partial charge in [-0.2, -0.15) is 0 Å². The van der Waals surface area contributed by atoms with Crippen LogP contribution in [0.4, 0.5) is 0 Å². The zero-order chi connectivity index (χ0) is 14.5. The molecule has 110 valence electrons. The van der Waals surface area contributed by atoms with Crippen molar-refractivity contribution in [1.29, 1.82) is 0 Å². The molecule has 1 fully saturated rings. The van der Waals surface area contributed by atoms with E-state index in [9.17, 15) is 14.7 Å². The molecule has 7 heteroatoms. The van der Waals surface area contributed by atoms with Crippen LogP contribution >= 0.6 is 11.3 Å². The second kappa shape index (κ2) is 6.83. The number of esters is 1. The van der Waals surface area contributed by atoms with Crippen molar-refractivity contribution < 1.29 is 19.4 Å². The summed E-state index contributed by atoms with van der Waals surface area (Å²) in [5.41, 5.74) is 0. The van der Waals surface area contributed by atoms with Crippen molar-refractivity contribution in [1.82, 2.24) is 10.2 Å². The number of carbonyl (C=O) groups is 2. The molecular formula is C13H18N2O4S. The van der Waals surface area contributed by atoms with Gasteiger partial charge in [0.1, 0.15) is 6.04 Å². The number of thiophene rings is 1. The van der Waals surface area contributed by atoms with Crippen molar-refractivity contribution in [3.8, 4) is 0 Å². The Bertz CT molecular complexity index is 463. The van der Waals surface area contributed by atoms with E-state index in [2.05, 4.69) is 5.32 Å². The van der Waals surface area contributed by atoms with Crippen LogP contribution in [0.25, 0.3) is 0 Å². The number of methoxy groups -OCH3 is 1. The molecule has 0 aromatic carbocycles. The van der Waals surface area contributed by atoms with E-state index in [0.29, 0.717) is 19.5 Å². The maximum absolute atomic E-state index is 11.9. The van der Waals surface area contributed by atoms with E-state index in [1.54, 1.807) is 16.2 Å². The lowest BCUT2D eigenvalue weighted by atomic mass is 10.2. The van der Waals surface area contributed by atoms with Crippen LogP contribution in [-0.4, -0.2) is 54.2 Å². The van der Waals surface area contributed by atoms with E-state index in [1.807, 2.05) is 17.5 Å². The van der Waals surface area contributed by atoms with Crippen molar-refractivity contribution in [3.05, 3.63) is 22.4 Å². The van der Waals surface area contributed by atoms with Crippen LogP contribution in [0.2, 0.25) is 0 Å². The van der Waals surface area contributed by atoms with Crippen LogP contribution in [0.15, 0.2) is 17.5 Å². The number of nitrogens with zero attached hydrogens (tertiary/aromatic N) is 1. The summed E-state index contributed by atoms with van der Waals surface area (Å²) in [4.78, 5) is 26.2. The lowest BCUT2D eigenvalue weighted by Gasteiger charge is -2.21. The number of nitrogens with one attached hydrogen (secondary N) is 1. The Hall–Kier alpha value is -1.44. The van der Waals surface area contributed by atoms with Crippen LogP contribution < -0.4 is 5.32 Å². The highest BCUT2D eigenvalue weighted by Gasteiger charge is 2.37.